The average Bonchev–Trinajstić information content (AvgIpc) is 2.95. The van der Waals surface area contributed by atoms with Gasteiger partial charge in [0.1, 0.15) is 0 Å². The summed E-state index contributed by atoms with van der Waals surface area (Å²) in [5, 5.41) is 10.5. The number of rotatable bonds is 6. The minimum absolute atomic E-state index is 0.0852. The van der Waals surface area contributed by atoms with Gasteiger partial charge in [0.05, 0.1) is 31.4 Å². The number of aromatic hydroxyl groups is 1. The van der Waals surface area contributed by atoms with Crippen LogP contribution < -0.4 is 4.74 Å². The molecule has 150 valence electrons. The molecule has 0 fully saturated rings. The second-order valence-corrected chi connectivity index (χ2v) is 6.51. The first kappa shape index (κ1) is 20.2. The van der Waals surface area contributed by atoms with Crippen LogP contribution in [0.5, 0.6) is 11.5 Å². The zero-order valence-corrected chi connectivity index (χ0v) is 16.6. The first-order chi connectivity index (χ1) is 14.0. The smallest absolute Gasteiger partial charge is 0.340 e. The van der Waals surface area contributed by atoms with Crippen molar-refractivity contribution in [3.63, 3.8) is 0 Å². The van der Waals surface area contributed by atoms with E-state index in [1.807, 2.05) is 37.3 Å². The van der Waals surface area contributed by atoms with Crippen molar-refractivity contribution in [1.82, 2.24) is 4.90 Å². The Morgan fingerprint density at radius 1 is 1.14 bits per heavy atom. The molecule has 1 N–H and O–H groups in total. The minimum Gasteiger partial charge on any atom is -0.504 e. The maximum Gasteiger partial charge on any atom is 0.340 e. The molecule has 29 heavy (non-hydrogen) atoms. The Labute approximate surface area is 169 Å². The van der Waals surface area contributed by atoms with Crippen molar-refractivity contribution in [2.45, 2.75) is 20.4 Å². The molecule has 1 aliphatic rings. The van der Waals surface area contributed by atoms with Crippen LogP contribution in [0.3, 0.4) is 0 Å². The number of allylic oxidation sites excluding steroid dienone is 1. The predicted octanol–water partition coefficient (Wildman–Crippen LogP) is 3.66. The predicted molar refractivity (Wildman–Crippen MR) is 109 cm³/mol. The van der Waals surface area contributed by atoms with Gasteiger partial charge in [-0.3, -0.25) is 4.79 Å². The number of carbonyl (C=O) groups excluding carboxylic acids is 2. The number of para-hydroxylation sites is 1. The summed E-state index contributed by atoms with van der Waals surface area (Å²) in [7, 11) is 1.28. The second-order valence-electron chi connectivity index (χ2n) is 6.51. The third-order valence-electron chi connectivity index (χ3n) is 4.71. The molecule has 3 rings (SSSR count). The second kappa shape index (κ2) is 8.65. The molecule has 2 aromatic carbocycles. The molecule has 0 unspecified atom stereocenters. The van der Waals surface area contributed by atoms with Crippen LogP contribution >= 0.6 is 0 Å². The third kappa shape index (κ3) is 4.01. The van der Waals surface area contributed by atoms with Crippen LogP contribution in [0.1, 0.15) is 25.0 Å². The highest BCUT2D eigenvalue weighted by molar-refractivity contribution is 6.16. The number of benzene rings is 2. The summed E-state index contributed by atoms with van der Waals surface area (Å²) in [6.45, 7) is 4.25. The fourth-order valence-corrected chi connectivity index (χ4v) is 3.27. The summed E-state index contributed by atoms with van der Waals surface area (Å²) in [4.78, 5) is 27.1. The Hall–Kier alpha value is -3.54. The number of hydrogen-bond acceptors (Lipinski definition) is 5. The van der Waals surface area contributed by atoms with Gasteiger partial charge in [-0.05, 0) is 31.6 Å². The molecule has 0 bridgehead atoms. The Morgan fingerprint density at radius 2 is 1.86 bits per heavy atom. The van der Waals surface area contributed by atoms with Gasteiger partial charge in [-0.2, -0.15) is 0 Å². The number of amides is 1. The van der Waals surface area contributed by atoms with Gasteiger partial charge in [0.2, 0.25) is 0 Å². The lowest BCUT2D eigenvalue weighted by molar-refractivity contribution is -0.136. The molecule has 0 saturated carbocycles. The normalized spacial score (nSPS) is 15.2. The maximum atomic E-state index is 13.2. The van der Waals surface area contributed by atoms with E-state index in [0.717, 1.165) is 5.56 Å². The van der Waals surface area contributed by atoms with Crippen molar-refractivity contribution >= 4 is 18.0 Å². The van der Waals surface area contributed by atoms with E-state index in [0.29, 0.717) is 30.2 Å². The van der Waals surface area contributed by atoms with Crippen molar-refractivity contribution in [2.24, 2.45) is 0 Å². The number of phenols is 1. The van der Waals surface area contributed by atoms with E-state index in [4.69, 9.17) is 9.47 Å². The van der Waals surface area contributed by atoms with Crippen molar-refractivity contribution in [3.8, 4) is 11.5 Å². The molecular formula is C23H23NO5. The number of methoxy groups -OCH3 is 1. The number of ether oxygens (including phenoxy) is 2. The van der Waals surface area contributed by atoms with Crippen LogP contribution in [0, 0.1) is 0 Å². The molecule has 1 heterocycles. The molecule has 0 aliphatic carbocycles. The van der Waals surface area contributed by atoms with Gasteiger partial charge in [-0.1, -0.05) is 42.5 Å². The number of carbonyl (C=O) groups is 2. The quantitative estimate of drug-likeness (QED) is 0.599. The van der Waals surface area contributed by atoms with Gasteiger partial charge in [0.25, 0.3) is 5.91 Å². The van der Waals surface area contributed by atoms with E-state index in [1.165, 1.54) is 18.1 Å². The molecule has 1 amide bonds. The van der Waals surface area contributed by atoms with Gasteiger partial charge in [0, 0.05) is 11.3 Å². The fourth-order valence-electron chi connectivity index (χ4n) is 3.27. The monoisotopic (exact) mass is 393 g/mol. The Bertz CT molecular complexity index is 992. The van der Waals surface area contributed by atoms with E-state index < -0.39 is 5.97 Å². The Balaban J connectivity index is 2.06. The van der Waals surface area contributed by atoms with Gasteiger partial charge < -0.3 is 19.5 Å². The lowest BCUT2D eigenvalue weighted by Gasteiger charge is -2.17. The van der Waals surface area contributed by atoms with E-state index in [9.17, 15) is 14.7 Å². The standard InChI is InChI=1S/C23H23NO5/c1-4-29-19-12-8-11-17(21(19)25)13-18-20(23(27)28-3)15(2)24(22(18)26)14-16-9-6-5-7-10-16/h5-13,25H,4,14H2,1-3H3/b18-13+. The average molecular weight is 393 g/mol. The van der Waals surface area contributed by atoms with Gasteiger partial charge in [-0.25, -0.2) is 4.79 Å². The molecule has 0 saturated heterocycles. The van der Waals surface area contributed by atoms with Gasteiger partial charge >= 0.3 is 5.97 Å². The van der Waals surface area contributed by atoms with Crippen LogP contribution in [-0.2, 0) is 20.9 Å². The van der Waals surface area contributed by atoms with Crippen LogP contribution in [0.15, 0.2) is 65.4 Å². The van der Waals surface area contributed by atoms with Crippen LogP contribution in [-0.4, -0.2) is 35.6 Å². The molecule has 0 spiro atoms. The van der Waals surface area contributed by atoms with Crippen molar-refractivity contribution < 1.29 is 24.2 Å². The first-order valence-corrected chi connectivity index (χ1v) is 9.29. The molecule has 0 atom stereocenters. The molecular weight excluding hydrogens is 370 g/mol. The number of phenolic OH excluding ortho intramolecular Hbond substituents is 1. The summed E-state index contributed by atoms with van der Waals surface area (Å²) < 4.78 is 10.3. The number of hydrogen-bond donors (Lipinski definition) is 1. The largest absolute Gasteiger partial charge is 0.504 e. The highest BCUT2D eigenvalue weighted by Gasteiger charge is 2.37. The van der Waals surface area contributed by atoms with Crippen molar-refractivity contribution in [2.75, 3.05) is 13.7 Å². The topological polar surface area (TPSA) is 76.1 Å². The molecule has 0 radical (unpaired) electrons. The minimum atomic E-state index is -0.599. The molecule has 6 heteroatoms. The zero-order valence-electron chi connectivity index (χ0n) is 16.6. The SMILES string of the molecule is CCOc1cccc(/C=C2/C(=O)N(Cc3ccccc3)C(C)=C2C(=O)OC)c1O. The first-order valence-electron chi connectivity index (χ1n) is 9.29. The van der Waals surface area contributed by atoms with E-state index in [-0.39, 0.29) is 22.8 Å². The van der Waals surface area contributed by atoms with E-state index in [2.05, 4.69) is 0 Å². The summed E-state index contributed by atoms with van der Waals surface area (Å²) in [5.41, 5.74) is 2.20. The van der Waals surface area contributed by atoms with Gasteiger partial charge in [-0.15, -0.1) is 0 Å². The highest BCUT2D eigenvalue weighted by atomic mass is 16.5. The van der Waals surface area contributed by atoms with E-state index in [1.54, 1.807) is 25.1 Å². The Kier molecular flexibility index (Phi) is 6.02. The lowest BCUT2D eigenvalue weighted by Crippen LogP contribution is -2.24. The summed E-state index contributed by atoms with van der Waals surface area (Å²) in [6.07, 6.45) is 1.50. The Morgan fingerprint density at radius 3 is 2.52 bits per heavy atom. The zero-order chi connectivity index (χ0) is 21.0. The summed E-state index contributed by atoms with van der Waals surface area (Å²) >= 11 is 0. The van der Waals surface area contributed by atoms with Crippen LogP contribution in [0.25, 0.3) is 6.08 Å². The number of esters is 1. The van der Waals surface area contributed by atoms with E-state index >= 15 is 0 Å². The third-order valence-corrected chi connectivity index (χ3v) is 4.71. The summed E-state index contributed by atoms with van der Waals surface area (Å²) in [6, 6.07) is 14.5. The molecule has 0 aromatic heterocycles. The summed E-state index contributed by atoms with van der Waals surface area (Å²) in [5.74, 6) is -0.696. The number of nitrogens with zero attached hydrogens (tertiary/aromatic N) is 1. The van der Waals surface area contributed by atoms with Crippen LogP contribution in [0.4, 0.5) is 0 Å². The maximum absolute atomic E-state index is 13.2. The van der Waals surface area contributed by atoms with Gasteiger partial charge in [0.15, 0.2) is 11.5 Å². The molecule has 1 aliphatic heterocycles. The fraction of sp³-hybridized carbons (Fsp3) is 0.217. The van der Waals surface area contributed by atoms with Crippen LogP contribution in [0.2, 0.25) is 0 Å². The molecule has 6 nitrogen and oxygen atoms in total. The van der Waals surface area contributed by atoms with Crippen molar-refractivity contribution in [1.29, 1.82) is 0 Å². The highest BCUT2D eigenvalue weighted by Crippen LogP contribution is 2.36. The van der Waals surface area contributed by atoms with Crippen molar-refractivity contribution in [3.05, 3.63) is 76.5 Å². The molecule has 2 aromatic rings. The lowest BCUT2D eigenvalue weighted by atomic mass is 10.0.